The van der Waals surface area contributed by atoms with Crippen LogP contribution in [0.15, 0.2) is 42.5 Å². The number of amides is 1. The number of anilines is 1. The molecule has 0 aliphatic carbocycles. The SMILES string of the molecule is O=C(c1ccc(NCc2ccccc2Cl)c([N+](=O)[O-])c1)N1CCC2(CC1)OCCO2. The summed E-state index contributed by atoms with van der Waals surface area (Å²) in [5, 5.41) is 15.2. The number of carbonyl (C=O) groups is 1. The monoisotopic (exact) mass is 431 g/mol. The summed E-state index contributed by atoms with van der Waals surface area (Å²) >= 11 is 6.15. The third-order valence-corrected chi connectivity index (χ3v) is 5.86. The van der Waals surface area contributed by atoms with E-state index >= 15 is 0 Å². The van der Waals surface area contributed by atoms with Crippen LogP contribution in [0.1, 0.15) is 28.8 Å². The summed E-state index contributed by atoms with van der Waals surface area (Å²) in [4.78, 5) is 25.7. The van der Waals surface area contributed by atoms with Crippen LogP contribution in [0.3, 0.4) is 0 Å². The molecule has 1 N–H and O–H groups in total. The van der Waals surface area contributed by atoms with Crippen LogP contribution in [-0.2, 0) is 16.0 Å². The van der Waals surface area contributed by atoms with Crippen molar-refractivity contribution >= 4 is 28.9 Å². The van der Waals surface area contributed by atoms with Crippen molar-refractivity contribution < 1.29 is 19.2 Å². The van der Waals surface area contributed by atoms with E-state index in [4.69, 9.17) is 21.1 Å². The van der Waals surface area contributed by atoms with E-state index in [0.717, 1.165) is 5.56 Å². The molecule has 2 aliphatic heterocycles. The topological polar surface area (TPSA) is 93.9 Å². The number of benzene rings is 2. The Kier molecular flexibility index (Phi) is 5.90. The van der Waals surface area contributed by atoms with E-state index in [9.17, 15) is 14.9 Å². The summed E-state index contributed by atoms with van der Waals surface area (Å²) in [6.07, 6.45) is 1.19. The summed E-state index contributed by atoms with van der Waals surface area (Å²) in [6.45, 7) is 2.45. The van der Waals surface area contributed by atoms with Crippen molar-refractivity contribution in [2.45, 2.75) is 25.2 Å². The number of hydrogen-bond acceptors (Lipinski definition) is 6. The largest absolute Gasteiger partial charge is 0.375 e. The summed E-state index contributed by atoms with van der Waals surface area (Å²) in [6, 6.07) is 11.8. The number of nitrogens with zero attached hydrogens (tertiary/aromatic N) is 2. The van der Waals surface area contributed by atoms with Gasteiger partial charge < -0.3 is 19.7 Å². The molecule has 30 heavy (non-hydrogen) atoms. The average molecular weight is 432 g/mol. The van der Waals surface area contributed by atoms with Gasteiger partial charge in [0.2, 0.25) is 0 Å². The highest BCUT2D eigenvalue weighted by molar-refractivity contribution is 6.31. The van der Waals surface area contributed by atoms with Crippen molar-refractivity contribution in [3.63, 3.8) is 0 Å². The van der Waals surface area contributed by atoms with Crippen LogP contribution >= 0.6 is 11.6 Å². The molecule has 0 unspecified atom stereocenters. The normalized spacial score (nSPS) is 17.8. The maximum absolute atomic E-state index is 12.9. The number of nitro groups is 1. The molecule has 2 aromatic carbocycles. The van der Waals surface area contributed by atoms with Crippen LogP contribution in [0.4, 0.5) is 11.4 Å². The van der Waals surface area contributed by atoms with Gasteiger partial charge in [0.25, 0.3) is 11.6 Å². The fourth-order valence-corrected chi connectivity index (χ4v) is 4.02. The quantitative estimate of drug-likeness (QED) is 0.571. The maximum atomic E-state index is 12.9. The van der Waals surface area contributed by atoms with Gasteiger partial charge in [-0.25, -0.2) is 0 Å². The highest BCUT2D eigenvalue weighted by atomic mass is 35.5. The minimum absolute atomic E-state index is 0.149. The molecule has 2 fully saturated rings. The van der Waals surface area contributed by atoms with Gasteiger partial charge in [-0.2, -0.15) is 0 Å². The molecule has 2 aliphatic rings. The molecule has 2 saturated heterocycles. The predicted octanol–water partition coefficient (Wildman–Crippen LogP) is 3.84. The number of carbonyl (C=O) groups excluding carboxylic acids is 1. The second kappa shape index (κ2) is 8.59. The number of nitro benzene ring substituents is 1. The summed E-state index contributed by atoms with van der Waals surface area (Å²) < 4.78 is 11.4. The minimum atomic E-state index is -0.574. The third kappa shape index (κ3) is 4.26. The number of ether oxygens (including phenoxy) is 2. The molecule has 158 valence electrons. The van der Waals surface area contributed by atoms with Crippen LogP contribution in [-0.4, -0.2) is 47.8 Å². The van der Waals surface area contributed by atoms with Crippen molar-refractivity contribution in [2.24, 2.45) is 0 Å². The van der Waals surface area contributed by atoms with E-state index in [1.165, 1.54) is 6.07 Å². The Labute approximate surface area is 178 Å². The van der Waals surface area contributed by atoms with Gasteiger partial charge in [-0.05, 0) is 23.8 Å². The second-order valence-electron chi connectivity index (χ2n) is 7.33. The minimum Gasteiger partial charge on any atom is -0.375 e. The van der Waals surface area contributed by atoms with Crippen LogP contribution in [0.5, 0.6) is 0 Å². The maximum Gasteiger partial charge on any atom is 0.293 e. The summed E-state index contributed by atoms with van der Waals surface area (Å²) in [5.41, 5.74) is 1.30. The van der Waals surface area contributed by atoms with E-state index in [2.05, 4.69) is 5.32 Å². The van der Waals surface area contributed by atoms with Crippen LogP contribution in [0, 0.1) is 10.1 Å². The first-order valence-electron chi connectivity index (χ1n) is 9.80. The zero-order valence-electron chi connectivity index (χ0n) is 16.3. The predicted molar refractivity (Wildman–Crippen MR) is 112 cm³/mol. The molecule has 0 radical (unpaired) electrons. The Morgan fingerprint density at radius 1 is 1.17 bits per heavy atom. The van der Waals surface area contributed by atoms with Crippen molar-refractivity contribution in [3.05, 3.63) is 68.7 Å². The molecule has 9 heteroatoms. The second-order valence-corrected chi connectivity index (χ2v) is 7.74. The van der Waals surface area contributed by atoms with Gasteiger partial charge in [-0.1, -0.05) is 29.8 Å². The first kappa shape index (κ1) is 20.6. The Balaban J connectivity index is 1.46. The molecule has 2 heterocycles. The number of likely N-dealkylation sites (tertiary alicyclic amines) is 1. The lowest BCUT2D eigenvalue weighted by Gasteiger charge is -2.37. The van der Waals surface area contributed by atoms with Crippen LogP contribution in [0.25, 0.3) is 0 Å². The molecule has 1 spiro atoms. The molecule has 0 aromatic heterocycles. The van der Waals surface area contributed by atoms with E-state index in [1.807, 2.05) is 18.2 Å². The van der Waals surface area contributed by atoms with Gasteiger partial charge in [0, 0.05) is 49.1 Å². The highest BCUT2D eigenvalue weighted by Crippen LogP contribution is 2.33. The number of nitrogens with one attached hydrogen (secondary N) is 1. The van der Waals surface area contributed by atoms with E-state index in [0.29, 0.717) is 56.4 Å². The Morgan fingerprint density at radius 2 is 1.87 bits per heavy atom. The van der Waals surface area contributed by atoms with E-state index < -0.39 is 10.7 Å². The van der Waals surface area contributed by atoms with Crippen LogP contribution < -0.4 is 5.32 Å². The molecule has 2 aromatic rings. The Morgan fingerprint density at radius 3 is 2.53 bits per heavy atom. The smallest absolute Gasteiger partial charge is 0.293 e. The molecule has 0 saturated carbocycles. The third-order valence-electron chi connectivity index (χ3n) is 5.49. The Bertz CT molecular complexity index is 951. The van der Waals surface area contributed by atoms with Crippen molar-refractivity contribution in [1.82, 2.24) is 4.90 Å². The zero-order valence-corrected chi connectivity index (χ0v) is 17.1. The number of piperidine rings is 1. The molecule has 4 rings (SSSR count). The van der Waals surface area contributed by atoms with E-state index in [1.54, 1.807) is 23.1 Å². The molecular formula is C21H22ClN3O5. The lowest BCUT2D eigenvalue weighted by Crippen LogP contribution is -2.47. The van der Waals surface area contributed by atoms with Gasteiger partial charge in [-0.15, -0.1) is 0 Å². The standard InChI is InChI=1S/C21H22ClN3O5/c22-17-4-2-1-3-16(17)14-23-18-6-5-15(13-19(18)25(27)28)20(26)24-9-7-21(8-10-24)29-11-12-30-21/h1-6,13,23H,7-12,14H2. The van der Waals surface area contributed by atoms with E-state index in [-0.39, 0.29) is 17.2 Å². The first-order chi connectivity index (χ1) is 14.5. The van der Waals surface area contributed by atoms with Gasteiger partial charge in [-0.3, -0.25) is 14.9 Å². The fourth-order valence-electron chi connectivity index (χ4n) is 3.82. The Hall–Kier alpha value is -2.68. The summed E-state index contributed by atoms with van der Waals surface area (Å²) in [5.74, 6) is -0.807. The van der Waals surface area contributed by atoms with Gasteiger partial charge in [0.05, 0.1) is 18.1 Å². The lowest BCUT2D eigenvalue weighted by atomic mass is 10.0. The number of hydrogen-bond donors (Lipinski definition) is 1. The molecule has 8 nitrogen and oxygen atoms in total. The number of halogens is 1. The molecule has 0 bridgehead atoms. The molecule has 1 amide bonds. The van der Waals surface area contributed by atoms with Gasteiger partial charge in [0.15, 0.2) is 5.79 Å². The highest BCUT2D eigenvalue weighted by Gasteiger charge is 2.41. The van der Waals surface area contributed by atoms with Gasteiger partial charge >= 0.3 is 0 Å². The van der Waals surface area contributed by atoms with Crippen molar-refractivity contribution in [3.8, 4) is 0 Å². The summed E-state index contributed by atoms with van der Waals surface area (Å²) in [7, 11) is 0. The molecule has 0 atom stereocenters. The van der Waals surface area contributed by atoms with Gasteiger partial charge in [0.1, 0.15) is 5.69 Å². The lowest BCUT2D eigenvalue weighted by molar-refractivity contribution is -0.384. The van der Waals surface area contributed by atoms with Crippen molar-refractivity contribution in [2.75, 3.05) is 31.6 Å². The molecular weight excluding hydrogens is 410 g/mol. The average Bonchev–Trinajstić information content (AvgIpc) is 3.21. The number of rotatable bonds is 5. The fraction of sp³-hybridized carbons (Fsp3) is 0.381. The first-order valence-corrected chi connectivity index (χ1v) is 10.2. The van der Waals surface area contributed by atoms with Crippen molar-refractivity contribution in [1.29, 1.82) is 0 Å². The zero-order chi connectivity index (χ0) is 21.1. The van der Waals surface area contributed by atoms with Crippen LogP contribution in [0.2, 0.25) is 5.02 Å².